The molecule has 3 heterocycles. The van der Waals surface area contributed by atoms with Gasteiger partial charge < -0.3 is 20.7 Å². The quantitative estimate of drug-likeness (QED) is 0.746. The maximum Gasteiger partial charge on any atom is 0.0642 e. The molecule has 6 heteroatoms. The number of morpholine rings is 1. The third-order valence-electron chi connectivity index (χ3n) is 7.11. The second kappa shape index (κ2) is 9.65. The smallest absolute Gasteiger partial charge is 0.0642 e. The molecule has 1 fully saturated rings. The topological polar surface area (TPSA) is 66.7 Å². The Balaban J connectivity index is 1.35. The van der Waals surface area contributed by atoms with Gasteiger partial charge in [-0.1, -0.05) is 18.2 Å². The Morgan fingerprint density at radius 1 is 1.16 bits per heavy atom. The van der Waals surface area contributed by atoms with Gasteiger partial charge in [0.2, 0.25) is 0 Å². The number of benzene rings is 1. The van der Waals surface area contributed by atoms with E-state index in [9.17, 15) is 0 Å². The van der Waals surface area contributed by atoms with Crippen LogP contribution in [0.5, 0.6) is 0 Å². The van der Waals surface area contributed by atoms with Crippen LogP contribution in [-0.2, 0) is 24.1 Å². The number of nitrogens with two attached hydrogens (primary N) is 1. The van der Waals surface area contributed by atoms with Crippen molar-refractivity contribution in [2.24, 2.45) is 5.73 Å². The Morgan fingerprint density at radius 2 is 2.03 bits per heavy atom. The van der Waals surface area contributed by atoms with Crippen molar-refractivity contribution in [3.05, 3.63) is 58.9 Å². The number of aryl methyl sites for hydroxylation is 1. The van der Waals surface area contributed by atoms with E-state index in [0.717, 1.165) is 58.8 Å². The van der Waals surface area contributed by atoms with Crippen molar-refractivity contribution < 1.29 is 4.74 Å². The van der Waals surface area contributed by atoms with E-state index < -0.39 is 0 Å². The predicted molar refractivity (Wildman–Crippen MR) is 124 cm³/mol. The summed E-state index contributed by atoms with van der Waals surface area (Å²) in [6.07, 6.45) is 6.56. The van der Waals surface area contributed by atoms with E-state index in [1.807, 2.05) is 6.20 Å². The largest absolute Gasteiger partial charge is 0.378 e. The third-order valence-corrected chi connectivity index (χ3v) is 7.11. The van der Waals surface area contributed by atoms with E-state index in [2.05, 4.69) is 45.4 Å². The first-order chi connectivity index (χ1) is 15.3. The van der Waals surface area contributed by atoms with Crippen LogP contribution in [0.3, 0.4) is 0 Å². The summed E-state index contributed by atoms with van der Waals surface area (Å²) in [4.78, 5) is 9.88. The molecule has 3 aliphatic rings. The summed E-state index contributed by atoms with van der Waals surface area (Å²) >= 11 is 0. The maximum atomic E-state index is 6.06. The Hall–Kier alpha value is -1.99. The van der Waals surface area contributed by atoms with E-state index in [-0.39, 0.29) is 0 Å². The average molecular weight is 422 g/mol. The minimum Gasteiger partial charge on any atom is -0.378 e. The van der Waals surface area contributed by atoms with Gasteiger partial charge in [-0.25, -0.2) is 0 Å². The Morgan fingerprint density at radius 3 is 2.90 bits per heavy atom. The molecule has 0 bridgehead atoms. The van der Waals surface area contributed by atoms with Crippen LogP contribution in [0.4, 0.5) is 5.69 Å². The second-order valence-corrected chi connectivity index (χ2v) is 9.04. The fourth-order valence-electron chi connectivity index (χ4n) is 5.59. The van der Waals surface area contributed by atoms with Crippen molar-refractivity contribution in [1.82, 2.24) is 15.2 Å². The molecule has 1 aromatic heterocycles. The summed E-state index contributed by atoms with van der Waals surface area (Å²) in [5.74, 6) is 0. The highest BCUT2D eigenvalue weighted by Crippen LogP contribution is 2.34. The first-order valence-corrected chi connectivity index (χ1v) is 11.9. The monoisotopic (exact) mass is 421 g/mol. The SMILES string of the molecule is NCCN(C[C@H]1Cc2c(cccc2N2CCOCC2)CN1)[C@H]1CCCc2cccnc21. The van der Waals surface area contributed by atoms with Crippen LogP contribution in [-0.4, -0.2) is 61.9 Å². The molecule has 2 atom stereocenters. The molecule has 2 aromatic rings. The Kier molecular flexibility index (Phi) is 6.50. The van der Waals surface area contributed by atoms with E-state index in [1.165, 1.54) is 40.9 Å². The van der Waals surface area contributed by atoms with Crippen molar-refractivity contribution in [2.75, 3.05) is 50.8 Å². The number of anilines is 1. The lowest BCUT2D eigenvalue weighted by Crippen LogP contribution is -2.48. The first-order valence-electron chi connectivity index (χ1n) is 11.9. The predicted octanol–water partition coefficient (Wildman–Crippen LogP) is 2.27. The number of nitrogens with zero attached hydrogens (tertiary/aromatic N) is 3. The molecule has 0 saturated carbocycles. The van der Waals surface area contributed by atoms with Gasteiger partial charge in [-0.3, -0.25) is 9.88 Å². The highest BCUT2D eigenvalue weighted by molar-refractivity contribution is 5.58. The molecule has 0 spiro atoms. The van der Waals surface area contributed by atoms with Crippen LogP contribution in [0.25, 0.3) is 0 Å². The molecule has 0 unspecified atom stereocenters. The van der Waals surface area contributed by atoms with E-state index in [4.69, 9.17) is 15.5 Å². The van der Waals surface area contributed by atoms with Gasteiger partial charge in [0.25, 0.3) is 0 Å². The van der Waals surface area contributed by atoms with E-state index in [0.29, 0.717) is 18.6 Å². The molecule has 5 rings (SSSR count). The number of aromatic nitrogens is 1. The van der Waals surface area contributed by atoms with Gasteiger partial charge in [-0.2, -0.15) is 0 Å². The van der Waals surface area contributed by atoms with Gasteiger partial charge in [0.1, 0.15) is 0 Å². The molecule has 2 aliphatic heterocycles. The third kappa shape index (κ3) is 4.48. The van der Waals surface area contributed by atoms with Crippen LogP contribution in [0.15, 0.2) is 36.5 Å². The van der Waals surface area contributed by atoms with Crippen molar-refractivity contribution in [1.29, 1.82) is 0 Å². The number of nitrogens with one attached hydrogen (secondary N) is 1. The van der Waals surface area contributed by atoms with E-state index >= 15 is 0 Å². The standard InChI is InChI=1S/C25H35N5O/c26-9-11-30(24-8-1-4-19-6-3-10-27-25(19)24)18-21-16-22-20(17-28-21)5-2-7-23(22)29-12-14-31-15-13-29/h2-3,5-7,10,21,24,28H,1,4,8-9,11-18,26H2/t21-,24+/m1/s1. The van der Waals surface area contributed by atoms with E-state index in [1.54, 1.807) is 0 Å². The summed E-state index contributed by atoms with van der Waals surface area (Å²) < 4.78 is 5.58. The van der Waals surface area contributed by atoms with Gasteiger partial charge in [0.05, 0.1) is 24.9 Å². The minimum atomic E-state index is 0.381. The van der Waals surface area contributed by atoms with Gasteiger partial charge in [0.15, 0.2) is 0 Å². The average Bonchev–Trinajstić information content (AvgIpc) is 2.83. The Bertz CT molecular complexity index is 882. The fraction of sp³-hybridized carbons (Fsp3) is 0.560. The lowest BCUT2D eigenvalue weighted by atomic mass is 9.89. The molecular formula is C25H35N5O. The molecule has 166 valence electrons. The van der Waals surface area contributed by atoms with Gasteiger partial charge in [-0.05, 0) is 54.5 Å². The number of hydrogen-bond acceptors (Lipinski definition) is 6. The summed E-state index contributed by atoms with van der Waals surface area (Å²) in [5.41, 5.74) is 13.1. The van der Waals surface area contributed by atoms with Crippen LogP contribution in [0.2, 0.25) is 0 Å². The summed E-state index contributed by atoms with van der Waals surface area (Å²) in [5, 5.41) is 3.81. The second-order valence-electron chi connectivity index (χ2n) is 9.04. The van der Waals surface area contributed by atoms with Crippen LogP contribution < -0.4 is 16.0 Å². The van der Waals surface area contributed by atoms with Gasteiger partial charge in [-0.15, -0.1) is 0 Å². The summed E-state index contributed by atoms with van der Waals surface area (Å²) in [6.45, 7) is 7.16. The van der Waals surface area contributed by atoms with Gasteiger partial charge >= 0.3 is 0 Å². The number of ether oxygens (including phenoxy) is 1. The normalized spacial score (nSPS) is 23.5. The highest BCUT2D eigenvalue weighted by Gasteiger charge is 2.30. The zero-order valence-electron chi connectivity index (χ0n) is 18.4. The Labute approximate surface area is 185 Å². The molecule has 31 heavy (non-hydrogen) atoms. The zero-order valence-corrected chi connectivity index (χ0v) is 18.4. The van der Waals surface area contributed by atoms with Crippen molar-refractivity contribution in [3.63, 3.8) is 0 Å². The fourth-order valence-corrected chi connectivity index (χ4v) is 5.59. The highest BCUT2D eigenvalue weighted by atomic mass is 16.5. The van der Waals surface area contributed by atoms with Crippen LogP contribution in [0, 0.1) is 0 Å². The summed E-state index contributed by atoms with van der Waals surface area (Å²) in [6, 6.07) is 11.9. The number of fused-ring (bicyclic) bond motifs is 2. The minimum absolute atomic E-state index is 0.381. The molecule has 1 aliphatic carbocycles. The van der Waals surface area contributed by atoms with Crippen LogP contribution >= 0.6 is 0 Å². The molecule has 6 nitrogen and oxygen atoms in total. The molecular weight excluding hydrogens is 386 g/mol. The van der Waals surface area contributed by atoms with Crippen molar-refractivity contribution in [2.45, 2.75) is 44.3 Å². The molecule has 1 saturated heterocycles. The lowest BCUT2D eigenvalue weighted by molar-refractivity contribution is 0.122. The van der Waals surface area contributed by atoms with Gasteiger partial charge in [0, 0.05) is 57.2 Å². The molecule has 0 radical (unpaired) electrons. The summed E-state index contributed by atoms with van der Waals surface area (Å²) in [7, 11) is 0. The molecule has 3 N–H and O–H groups in total. The molecule has 0 amide bonds. The maximum absolute atomic E-state index is 6.06. The number of pyridine rings is 1. The lowest BCUT2D eigenvalue weighted by Gasteiger charge is -2.39. The number of rotatable bonds is 6. The van der Waals surface area contributed by atoms with Crippen molar-refractivity contribution >= 4 is 5.69 Å². The van der Waals surface area contributed by atoms with Crippen molar-refractivity contribution in [3.8, 4) is 0 Å². The first kappa shape index (κ1) is 20.9. The number of hydrogen-bond donors (Lipinski definition) is 2. The zero-order chi connectivity index (χ0) is 21.0. The molecule has 1 aromatic carbocycles. The van der Waals surface area contributed by atoms with Crippen LogP contribution in [0.1, 0.15) is 41.3 Å².